The minimum atomic E-state index is -6.40. The molecule has 164 valence electrons. The predicted molar refractivity (Wildman–Crippen MR) is 91.8 cm³/mol. The zero-order valence-electron chi connectivity index (χ0n) is 14.3. The van der Waals surface area contributed by atoms with E-state index in [1.54, 1.807) is 0 Å². The van der Waals surface area contributed by atoms with Gasteiger partial charge in [0.15, 0.2) is 11.5 Å². The highest BCUT2D eigenvalue weighted by Gasteiger charge is 2.51. The summed E-state index contributed by atoms with van der Waals surface area (Å²) in [5.41, 5.74) is -12.9. The highest BCUT2D eigenvalue weighted by atomic mass is 32.2. The van der Waals surface area contributed by atoms with Crippen LogP contribution in [0.15, 0.2) is 60.7 Å². The van der Waals surface area contributed by atoms with Crippen molar-refractivity contribution in [3.63, 3.8) is 0 Å². The van der Waals surface area contributed by atoms with Crippen molar-refractivity contribution in [1.29, 1.82) is 0 Å². The van der Waals surface area contributed by atoms with E-state index in [2.05, 4.69) is 8.37 Å². The van der Waals surface area contributed by atoms with Crippen LogP contribution in [0.4, 0.5) is 26.3 Å². The molecule has 0 unspecified atom stereocenters. The van der Waals surface area contributed by atoms with Gasteiger partial charge in [0.05, 0.1) is 0 Å². The molecule has 0 amide bonds. The molecule has 30 heavy (non-hydrogen) atoms. The van der Waals surface area contributed by atoms with Gasteiger partial charge >= 0.3 is 31.3 Å². The summed E-state index contributed by atoms with van der Waals surface area (Å²) in [6.07, 6.45) is 0. The molecule has 0 aromatic heterocycles. The standard InChI is InChI=1S/C16H10F6O6S2/c17-15(18,19)29(23,24)27-13(11-7-3-1-4-8-11)14(12-9-5-2-6-10-12)28-30(25,26)16(20,21)22/h1-10H/b14-13-. The van der Waals surface area contributed by atoms with Crippen molar-refractivity contribution in [1.82, 2.24) is 0 Å². The van der Waals surface area contributed by atoms with E-state index in [1.807, 2.05) is 0 Å². The first-order valence-electron chi connectivity index (χ1n) is 7.52. The van der Waals surface area contributed by atoms with Gasteiger partial charge in [0.2, 0.25) is 0 Å². The molecule has 0 bridgehead atoms. The van der Waals surface area contributed by atoms with Crippen LogP contribution in [0.5, 0.6) is 0 Å². The van der Waals surface area contributed by atoms with E-state index in [9.17, 15) is 43.2 Å². The fourth-order valence-corrected chi connectivity index (χ4v) is 2.90. The smallest absolute Gasteiger partial charge is 0.371 e. The van der Waals surface area contributed by atoms with Gasteiger partial charge in [-0.15, -0.1) is 0 Å². The van der Waals surface area contributed by atoms with Crippen molar-refractivity contribution in [3.8, 4) is 0 Å². The molecule has 6 nitrogen and oxygen atoms in total. The first kappa shape index (κ1) is 23.5. The van der Waals surface area contributed by atoms with Gasteiger partial charge in [-0.3, -0.25) is 0 Å². The zero-order chi connectivity index (χ0) is 22.8. The maximum absolute atomic E-state index is 12.8. The molecule has 0 aliphatic rings. The first-order valence-corrected chi connectivity index (χ1v) is 10.3. The Morgan fingerprint density at radius 1 is 0.567 bits per heavy atom. The van der Waals surface area contributed by atoms with Crippen molar-refractivity contribution >= 4 is 31.8 Å². The zero-order valence-corrected chi connectivity index (χ0v) is 15.9. The summed E-state index contributed by atoms with van der Waals surface area (Å²) in [4.78, 5) is 0. The summed E-state index contributed by atoms with van der Waals surface area (Å²) in [5, 5.41) is 0. The second-order valence-corrected chi connectivity index (χ2v) is 8.43. The molecule has 0 aliphatic carbocycles. The van der Waals surface area contributed by atoms with Gasteiger partial charge in [-0.05, 0) is 0 Å². The molecule has 0 radical (unpaired) electrons. The van der Waals surface area contributed by atoms with Gasteiger partial charge < -0.3 is 8.37 Å². The fraction of sp³-hybridized carbons (Fsp3) is 0.125. The Balaban J connectivity index is 2.85. The summed E-state index contributed by atoms with van der Waals surface area (Å²) in [6, 6.07) is 11.4. The van der Waals surface area contributed by atoms with Crippen molar-refractivity contribution in [2.45, 2.75) is 11.0 Å². The van der Waals surface area contributed by atoms with Crippen LogP contribution in [0.1, 0.15) is 11.1 Å². The van der Waals surface area contributed by atoms with Crippen molar-refractivity contribution < 1.29 is 51.5 Å². The Bertz CT molecular complexity index is 1030. The maximum Gasteiger partial charge on any atom is 0.534 e. The minimum Gasteiger partial charge on any atom is -0.371 e. The average Bonchev–Trinajstić information content (AvgIpc) is 2.64. The van der Waals surface area contributed by atoms with Gasteiger partial charge in [-0.25, -0.2) is 0 Å². The monoisotopic (exact) mass is 476 g/mol. The van der Waals surface area contributed by atoms with E-state index in [4.69, 9.17) is 0 Å². The van der Waals surface area contributed by atoms with Crippen LogP contribution in [0.2, 0.25) is 0 Å². The molecule has 0 spiro atoms. The van der Waals surface area contributed by atoms with Crippen LogP contribution < -0.4 is 0 Å². The number of halogens is 6. The van der Waals surface area contributed by atoms with Crippen molar-refractivity contribution in [2.24, 2.45) is 0 Å². The summed E-state index contributed by atoms with van der Waals surface area (Å²) in [7, 11) is -12.8. The number of hydrogen-bond donors (Lipinski definition) is 0. The van der Waals surface area contributed by atoms with Crippen LogP contribution in [0.3, 0.4) is 0 Å². The van der Waals surface area contributed by atoms with Crippen LogP contribution in [0, 0.1) is 0 Å². The van der Waals surface area contributed by atoms with Crippen LogP contribution in [-0.2, 0) is 28.6 Å². The topological polar surface area (TPSA) is 86.7 Å². The van der Waals surface area contributed by atoms with Crippen LogP contribution in [0.25, 0.3) is 11.5 Å². The molecule has 0 saturated carbocycles. The minimum absolute atomic E-state index is 0.499. The molecular formula is C16H10F6O6S2. The quantitative estimate of drug-likeness (QED) is 0.204. The van der Waals surface area contributed by atoms with Crippen molar-refractivity contribution in [3.05, 3.63) is 71.8 Å². The molecule has 2 rings (SSSR count). The van der Waals surface area contributed by atoms with Crippen molar-refractivity contribution in [2.75, 3.05) is 0 Å². The fourth-order valence-electron chi connectivity index (χ4n) is 1.93. The molecule has 2 aromatic rings. The Morgan fingerprint density at radius 2 is 0.833 bits per heavy atom. The lowest BCUT2D eigenvalue weighted by Crippen LogP contribution is -2.27. The van der Waals surface area contributed by atoms with Gasteiger partial charge in [0, 0.05) is 11.1 Å². The number of hydrogen-bond acceptors (Lipinski definition) is 6. The van der Waals surface area contributed by atoms with E-state index >= 15 is 0 Å². The number of rotatable bonds is 6. The summed E-state index contributed by atoms with van der Waals surface area (Å²) in [5.74, 6) is -2.82. The van der Waals surface area contributed by atoms with Gasteiger partial charge in [-0.2, -0.15) is 43.2 Å². The van der Waals surface area contributed by atoms with Gasteiger partial charge in [-0.1, -0.05) is 60.7 Å². The van der Waals surface area contributed by atoms with Crippen LogP contribution in [-0.4, -0.2) is 27.9 Å². The third-order valence-electron chi connectivity index (χ3n) is 3.23. The SMILES string of the molecule is O=S(=O)(O/C(=C(\OS(=O)(=O)C(F)(F)F)c1ccccc1)c1ccccc1)C(F)(F)F. The second-order valence-electron chi connectivity index (χ2n) is 5.36. The Hall–Kier alpha value is -2.74. The molecule has 2 aromatic carbocycles. The second kappa shape index (κ2) is 8.18. The molecule has 0 heterocycles. The molecule has 0 aliphatic heterocycles. The lowest BCUT2D eigenvalue weighted by atomic mass is 10.1. The van der Waals surface area contributed by atoms with Gasteiger partial charge in [0.25, 0.3) is 0 Å². The molecule has 0 fully saturated rings. The highest BCUT2D eigenvalue weighted by molar-refractivity contribution is 7.88. The van der Waals surface area contributed by atoms with E-state index in [-0.39, 0.29) is 0 Å². The summed E-state index contributed by atoms with van der Waals surface area (Å²) < 4.78 is 131. The lowest BCUT2D eigenvalue weighted by Gasteiger charge is -2.18. The Kier molecular flexibility index (Phi) is 6.42. The third-order valence-corrected chi connectivity index (χ3v) is 5.14. The highest BCUT2D eigenvalue weighted by Crippen LogP contribution is 2.37. The van der Waals surface area contributed by atoms with E-state index in [0.717, 1.165) is 24.3 Å². The molecule has 0 saturated heterocycles. The predicted octanol–water partition coefficient (Wildman–Crippen LogP) is 4.24. The molecule has 14 heteroatoms. The summed E-state index contributed by atoms with van der Waals surface area (Å²) in [6.45, 7) is 0. The lowest BCUT2D eigenvalue weighted by molar-refractivity contribution is -0.0520. The number of benzene rings is 2. The first-order chi connectivity index (χ1) is 13.7. The van der Waals surface area contributed by atoms with Gasteiger partial charge in [0.1, 0.15) is 0 Å². The number of alkyl halides is 6. The average molecular weight is 476 g/mol. The summed E-state index contributed by atoms with van der Waals surface area (Å²) >= 11 is 0. The van der Waals surface area contributed by atoms with Crippen LogP contribution >= 0.6 is 0 Å². The molecule has 0 atom stereocenters. The van der Waals surface area contributed by atoms with E-state index in [0.29, 0.717) is 0 Å². The third kappa shape index (κ3) is 5.24. The maximum atomic E-state index is 12.8. The normalized spacial score (nSPS) is 14.1. The Morgan fingerprint density at radius 3 is 1.07 bits per heavy atom. The largest absolute Gasteiger partial charge is 0.534 e. The molecule has 0 N–H and O–H groups in total. The van der Waals surface area contributed by atoms with E-state index in [1.165, 1.54) is 36.4 Å². The Labute approximate surface area is 166 Å². The van der Waals surface area contributed by atoms with E-state index < -0.39 is 53.9 Å². The molecular weight excluding hydrogens is 466 g/mol.